The van der Waals surface area contributed by atoms with Gasteiger partial charge in [0.2, 0.25) is 0 Å². The first-order valence-corrected chi connectivity index (χ1v) is 5.94. The molecule has 1 N–H and O–H groups in total. The molecule has 2 atom stereocenters. The lowest BCUT2D eigenvalue weighted by Crippen LogP contribution is -2.11. The Morgan fingerprint density at radius 2 is 2.00 bits per heavy atom. The summed E-state index contributed by atoms with van der Waals surface area (Å²) in [6.45, 7) is 3.72. The number of benzene rings is 1. The molecule has 2 aromatic rings. The minimum atomic E-state index is -0.889. The van der Waals surface area contributed by atoms with E-state index < -0.39 is 6.10 Å². The number of aliphatic hydroxyl groups excluding tert-OH is 1. The van der Waals surface area contributed by atoms with Gasteiger partial charge in [-0.05, 0) is 25.1 Å². The lowest BCUT2D eigenvalue weighted by Gasteiger charge is -2.19. The SMILES string of the molecule is Cc1ccc(F)c(C(O)C(C)c2ccccn2)c1. The van der Waals surface area contributed by atoms with Crippen LogP contribution in [0.15, 0.2) is 42.6 Å². The molecule has 1 heterocycles. The number of hydrogen-bond donors (Lipinski definition) is 1. The number of aryl methyl sites for hydroxylation is 1. The summed E-state index contributed by atoms with van der Waals surface area (Å²) in [6, 6.07) is 10.3. The Morgan fingerprint density at radius 3 is 2.67 bits per heavy atom. The van der Waals surface area contributed by atoms with Crippen LogP contribution in [0.3, 0.4) is 0 Å². The van der Waals surface area contributed by atoms with Crippen molar-refractivity contribution in [2.24, 2.45) is 0 Å². The van der Waals surface area contributed by atoms with Gasteiger partial charge >= 0.3 is 0 Å². The normalized spacial score (nSPS) is 14.2. The Balaban J connectivity index is 2.31. The maximum atomic E-state index is 13.7. The molecule has 0 aliphatic rings. The zero-order chi connectivity index (χ0) is 13.1. The van der Waals surface area contributed by atoms with E-state index in [4.69, 9.17) is 0 Å². The molecule has 0 amide bonds. The quantitative estimate of drug-likeness (QED) is 0.899. The summed E-state index contributed by atoms with van der Waals surface area (Å²) in [6.07, 6.45) is 0.783. The molecule has 18 heavy (non-hydrogen) atoms. The lowest BCUT2D eigenvalue weighted by molar-refractivity contribution is 0.145. The Labute approximate surface area is 106 Å². The number of pyridine rings is 1. The Kier molecular flexibility index (Phi) is 3.72. The zero-order valence-electron chi connectivity index (χ0n) is 10.5. The third kappa shape index (κ3) is 2.57. The highest BCUT2D eigenvalue weighted by atomic mass is 19.1. The summed E-state index contributed by atoms with van der Waals surface area (Å²) in [5.41, 5.74) is 2.01. The first kappa shape index (κ1) is 12.7. The highest BCUT2D eigenvalue weighted by molar-refractivity contribution is 5.28. The van der Waals surface area contributed by atoms with Gasteiger partial charge in [0.25, 0.3) is 0 Å². The minimum Gasteiger partial charge on any atom is -0.388 e. The largest absolute Gasteiger partial charge is 0.388 e. The number of nitrogens with zero attached hydrogens (tertiary/aromatic N) is 1. The third-order valence-corrected chi connectivity index (χ3v) is 3.10. The van der Waals surface area contributed by atoms with Crippen LogP contribution in [-0.4, -0.2) is 10.1 Å². The van der Waals surface area contributed by atoms with Gasteiger partial charge in [0.1, 0.15) is 5.82 Å². The molecule has 0 saturated carbocycles. The van der Waals surface area contributed by atoms with Crippen molar-refractivity contribution in [2.75, 3.05) is 0 Å². The number of aliphatic hydroxyl groups is 1. The Bertz CT molecular complexity index is 527. The molecule has 0 aliphatic heterocycles. The van der Waals surface area contributed by atoms with Gasteiger partial charge in [-0.1, -0.05) is 30.7 Å². The van der Waals surface area contributed by atoms with Crippen molar-refractivity contribution in [1.82, 2.24) is 4.98 Å². The zero-order valence-corrected chi connectivity index (χ0v) is 10.5. The van der Waals surface area contributed by atoms with Gasteiger partial charge in [0.05, 0.1) is 6.10 Å². The Morgan fingerprint density at radius 1 is 1.22 bits per heavy atom. The van der Waals surface area contributed by atoms with Crippen LogP contribution in [0.5, 0.6) is 0 Å². The minimum absolute atomic E-state index is 0.248. The van der Waals surface area contributed by atoms with Crippen molar-refractivity contribution in [2.45, 2.75) is 25.9 Å². The van der Waals surface area contributed by atoms with Crippen molar-refractivity contribution in [3.05, 3.63) is 65.2 Å². The molecule has 2 unspecified atom stereocenters. The van der Waals surface area contributed by atoms with Crippen molar-refractivity contribution in [3.8, 4) is 0 Å². The van der Waals surface area contributed by atoms with Crippen LogP contribution < -0.4 is 0 Å². The predicted octanol–water partition coefficient (Wildman–Crippen LogP) is 3.37. The van der Waals surface area contributed by atoms with Crippen molar-refractivity contribution < 1.29 is 9.50 Å². The van der Waals surface area contributed by atoms with Gasteiger partial charge in [0.15, 0.2) is 0 Å². The van der Waals surface area contributed by atoms with E-state index in [1.165, 1.54) is 6.07 Å². The second-order valence-corrected chi connectivity index (χ2v) is 4.51. The second-order valence-electron chi connectivity index (χ2n) is 4.51. The van der Waals surface area contributed by atoms with Gasteiger partial charge in [-0.3, -0.25) is 4.98 Å². The molecule has 2 nitrogen and oxygen atoms in total. The summed E-state index contributed by atoms with van der Waals surface area (Å²) in [4.78, 5) is 4.19. The van der Waals surface area contributed by atoms with E-state index in [0.717, 1.165) is 11.3 Å². The second kappa shape index (κ2) is 5.27. The highest BCUT2D eigenvalue weighted by Crippen LogP contribution is 2.31. The number of hydrogen-bond acceptors (Lipinski definition) is 2. The first-order valence-electron chi connectivity index (χ1n) is 5.94. The summed E-state index contributed by atoms with van der Waals surface area (Å²) in [5.74, 6) is -0.626. The van der Waals surface area contributed by atoms with Crippen LogP contribution in [-0.2, 0) is 0 Å². The summed E-state index contributed by atoms with van der Waals surface area (Å²) in [7, 11) is 0. The number of aromatic nitrogens is 1. The van der Waals surface area contributed by atoms with E-state index >= 15 is 0 Å². The van der Waals surface area contributed by atoms with Crippen LogP contribution in [0.2, 0.25) is 0 Å². The predicted molar refractivity (Wildman–Crippen MR) is 68.7 cm³/mol. The summed E-state index contributed by atoms with van der Waals surface area (Å²) < 4.78 is 13.7. The summed E-state index contributed by atoms with van der Waals surface area (Å²) >= 11 is 0. The molecule has 0 fully saturated rings. The lowest BCUT2D eigenvalue weighted by atomic mass is 9.93. The van der Waals surface area contributed by atoms with Crippen LogP contribution in [0.25, 0.3) is 0 Å². The first-order chi connectivity index (χ1) is 8.59. The maximum Gasteiger partial charge on any atom is 0.129 e. The fraction of sp³-hybridized carbons (Fsp3) is 0.267. The van der Waals surface area contributed by atoms with Gasteiger partial charge < -0.3 is 5.11 Å². The monoisotopic (exact) mass is 245 g/mol. The molecular formula is C15H16FNO. The summed E-state index contributed by atoms with van der Waals surface area (Å²) in [5, 5.41) is 10.3. The molecule has 3 heteroatoms. The van der Waals surface area contributed by atoms with Crippen LogP contribution in [0.1, 0.15) is 35.8 Å². The molecule has 0 aliphatic carbocycles. The van der Waals surface area contributed by atoms with E-state index in [0.29, 0.717) is 5.56 Å². The van der Waals surface area contributed by atoms with Crippen molar-refractivity contribution in [3.63, 3.8) is 0 Å². The highest BCUT2D eigenvalue weighted by Gasteiger charge is 2.22. The fourth-order valence-electron chi connectivity index (χ4n) is 1.97. The molecule has 0 radical (unpaired) electrons. The van der Waals surface area contributed by atoms with Gasteiger partial charge in [-0.2, -0.15) is 0 Å². The van der Waals surface area contributed by atoms with E-state index in [1.54, 1.807) is 18.3 Å². The molecule has 0 bridgehead atoms. The van der Waals surface area contributed by atoms with E-state index in [-0.39, 0.29) is 11.7 Å². The average Bonchev–Trinajstić information content (AvgIpc) is 2.41. The van der Waals surface area contributed by atoms with Gasteiger partial charge in [-0.25, -0.2) is 4.39 Å². The van der Waals surface area contributed by atoms with Crippen LogP contribution in [0.4, 0.5) is 4.39 Å². The number of rotatable bonds is 3. The molecule has 1 aromatic heterocycles. The van der Waals surface area contributed by atoms with Crippen molar-refractivity contribution in [1.29, 1.82) is 0 Å². The molecule has 94 valence electrons. The van der Waals surface area contributed by atoms with E-state index in [2.05, 4.69) is 4.98 Å². The molecular weight excluding hydrogens is 229 g/mol. The standard InChI is InChI=1S/C15H16FNO/c1-10-6-7-13(16)12(9-10)15(18)11(2)14-5-3-4-8-17-14/h3-9,11,15,18H,1-2H3. The molecule has 1 aromatic carbocycles. The van der Waals surface area contributed by atoms with E-state index in [1.807, 2.05) is 32.0 Å². The third-order valence-electron chi connectivity index (χ3n) is 3.10. The van der Waals surface area contributed by atoms with Gasteiger partial charge in [-0.15, -0.1) is 0 Å². The topological polar surface area (TPSA) is 33.1 Å². The van der Waals surface area contributed by atoms with E-state index in [9.17, 15) is 9.50 Å². The van der Waals surface area contributed by atoms with Crippen molar-refractivity contribution >= 4 is 0 Å². The Hall–Kier alpha value is -1.74. The smallest absolute Gasteiger partial charge is 0.129 e. The number of halogens is 1. The molecule has 0 spiro atoms. The van der Waals surface area contributed by atoms with Crippen LogP contribution in [0, 0.1) is 12.7 Å². The fourth-order valence-corrected chi connectivity index (χ4v) is 1.97. The molecule has 2 rings (SSSR count). The average molecular weight is 245 g/mol. The van der Waals surface area contributed by atoms with Gasteiger partial charge in [0, 0.05) is 23.4 Å². The maximum absolute atomic E-state index is 13.7. The molecule has 0 saturated heterocycles. The van der Waals surface area contributed by atoms with Crippen LogP contribution >= 0.6 is 0 Å².